The Balaban J connectivity index is 2.63. The maximum absolute atomic E-state index is 11.4. The average Bonchev–Trinajstić information content (AvgIpc) is 1.85. The van der Waals surface area contributed by atoms with Crippen molar-refractivity contribution < 1.29 is 4.79 Å². The number of nitrogens with zero attached hydrogens (tertiary/aromatic N) is 1. The van der Waals surface area contributed by atoms with Gasteiger partial charge in [-0.3, -0.25) is 4.79 Å². The predicted octanol–water partition coefficient (Wildman–Crippen LogP) is 1.80. The molecule has 1 fully saturated rings. The van der Waals surface area contributed by atoms with Crippen LogP contribution in [-0.2, 0) is 4.79 Å². The van der Waals surface area contributed by atoms with Gasteiger partial charge in [0.15, 0.2) is 0 Å². The highest BCUT2D eigenvalue weighted by Gasteiger charge is 2.26. The van der Waals surface area contributed by atoms with Gasteiger partial charge in [0.2, 0.25) is 5.91 Å². The zero-order chi connectivity index (χ0) is 8.43. The minimum Gasteiger partial charge on any atom is -0.338 e. The first-order chi connectivity index (χ1) is 5.13. The van der Waals surface area contributed by atoms with Gasteiger partial charge in [-0.25, -0.2) is 0 Å². The van der Waals surface area contributed by atoms with E-state index in [0.29, 0.717) is 18.0 Å². The Morgan fingerprint density at radius 2 is 2.18 bits per heavy atom. The molecule has 2 nitrogen and oxygen atoms in total. The van der Waals surface area contributed by atoms with Crippen LogP contribution >= 0.6 is 0 Å². The Kier molecular flexibility index (Phi) is 2.53. The highest BCUT2D eigenvalue weighted by atomic mass is 16.2. The van der Waals surface area contributed by atoms with Gasteiger partial charge in [-0.2, -0.15) is 0 Å². The lowest BCUT2D eigenvalue weighted by Gasteiger charge is -2.36. The van der Waals surface area contributed by atoms with Crippen molar-refractivity contribution in [2.75, 3.05) is 0 Å². The molecule has 1 aliphatic rings. The van der Waals surface area contributed by atoms with Crippen LogP contribution in [-0.4, -0.2) is 22.9 Å². The molecule has 2 heteroatoms. The lowest BCUT2D eigenvalue weighted by molar-refractivity contribution is -0.137. The highest BCUT2D eigenvalue weighted by molar-refractivity contribution is 5.77. The van der Waals surface area contributed by atoms with E-state index in [1.807, 2.05) is 4.90 Å². The highest BCUT2D eigenvalue weighted by Crippen LogP contribution is 2.19. The molecule has 0 unspecified atom stereocenters. The first kappa shape index (κ1) is 8.57. The summed E-state index contributed by atoms with van der Waals surface area (Å²) in [6.45, 7) is 6.30. The van der Waals surface area contributed by atoms with Gasteiger partial charge in [0.05, 0.1) is 0 Å². The van der Waals surface area contributed by atoms with Crippen molar-refractivity contribution in [2.45, 2.75) is 52.1 Å². The zero-order valence-electron chi connectivity index (χ0n) is 7.63. The summed E-state index contributed by atoms with van der Waals surface area (Å²) in [6.07, 6.45) is 3.00. The van der Waals surface area contributed by atoms with Gasteiger partial charge in [0.1, 0.15) is 0 Å². The minimum absolute atomic E-state index is 0.332. The fourth-order valence-corrected chi connectivity index (χ4v) is 1.86. The van der Waals surface area contributed by atoms with E-state index in [1.165, 1.54) is 6.42 Å². The second-order valence-electron chi connectivity index (χ2n) is 3.64. The van der Waals surface area contributed by atoms with E-state index in [-0.39, 0.29) is 0 Å². The predicted molar refractivity (Wildman–Crippen MR) is 45.3 cm³/mol. The Morgan fingerprint density at radius 3 is 2.55 bits per heavy atom. The van der Waals surface area contributed by atoms with Gasteiger partial charge in [-0.15, -0.1) is 0 Å². The van der Waals surface area contributed by atoms with Crippen molar-refractivity contribution in [3.63, 3.8) is 0 Å². The van der Waals surface area contributed by atoms with Crippen LogP contribution in [0.3, 0.4) is 0 Å². The first-order valence-corrected chi connectivity index (χ1v) is 4.44. The lowest BCUT2D eigenvalue weighted by atomic mass is 10.0. The number of rotatable bonds is 1. The number of carbonyl (C=O) groups is 1. The fraction of sp³-hybridized carbons (Fsp3) is 0.889. The minimum atomic E-state index is 0.332. The Labute approximate surface area is 68.6 Å². The normalized spacial score (nSPS) is 26.4. The molecule has 1 rings (SSSR count). The number of hydrogen-bond acceptors (Lipinski definition) is 1. The summed E-state index contributed by atoms with van der Waals surface area (Å²) in [5.74, 6) is 0.332. The monoisotopic (exact) mass is 155 g/mol. The topological polar surface area (TPSA) is 20.3 Å². The first-order valence-electron chi connectivity index (χ1n) is 4.44. The van der Waals surface area contributed by atoms with E-state index in [1.54, 1.807) is 0 Å². The molecule has 0 aromatic rings. The molecule has 1 atom stereocenters. The van der Waals surface area contributed by atoms with E-state index in [9.17, 15) is 4.79 Å². The van der Waals surface area contributed by atoms with E-state index in [2.05, 4.69) is 20.8 Å². The number of hydrogen-bond donors (Lipinski definition) is 0. The van der Waals surface area contributed by atoms with Crippen molar-refractivity contribution >= 4 is 5.91 Å². The summed E-state index contributed by atoms with van der Waals surface area (Å²) in [5.41, 5.74) is 0. The van der Waals surface area contributed by atoms with Gasteiger partial charge >= 0.3 is 0 Å². The van der Waals surface area contributed by atoms with Gasteiger partial charge < -0.3 is 4.90 Å². The molecule has 0 radical (unpaired) electrons. The third-order valence-electron chi connectivity index (χ3n) is 2.33. The molecule has 0 N–H and O–H groups in total. The van der Waals surface area contributed by atoms with Gasteiger partial charge in [-0.05, 0) is 33.6 Å². The molecule has 0 aliphatic carbocycles. The average molecular weight is 155 g/mol. The van der Waals surface area contributed by atoms with Crippen molar-refractivity contribution in [1.29, 1.82) is 0 Å². The molecular formula is C9H17NO. The van der Waals surface area contributed by atoms with Gasteiger partial charge in [0, 0.05) is 18.5 Å². The summed E-state index contributed by atoms with van der Waals surface area (Å²) >= 11 is 0. The quantitative estimate of drug-likeness (QED) is 0.565. The van der Waals surface area contributed by atoms with Crippen LogP contribution in [0.5, 0.6) is 0 Å². The Bertz CT molecular complexity index is 154. The van der Waals surface area contributed by atoms with E-state index >= 15 is 0 Å². The van der Waals surface area contributed by atoms with E-state index in [4.69, 9.17) is 0 Å². The fourth-order valence-electron chi connectivity index (χ4n) is 1.86. The zero-order valence-corrected chi connectivity index (χ0v) is 7.63. The van der Waals surface area contributed by atoms with Crippen LogP contribution in [0.2, 0.25) is 0 Å². The summed E-state index contributed by atoms with van der Waals surface area (Å²) in [4.78, 5) is 13.4. The van der Waals surface area contributed by atoms with E-state index < -0.39 is 0 Å². The number of likely N-dealkylation sites (tertiary alicyclic amines) is 1. The SMILES string of the molecule is CC(C)N1C(=O)CCC[C@@H]1C. The van der Waals surface area contributed by atoms with Crippen molar-refractivity contribution in [3.8, 4) is 0 Å². The third kappa shape index (κ3) is 1.73. The molecule has 0 spiro atoms. The Morgan fingerprint density at radius 1 is 1.55 bits per heavy atom. The summed E-state index contributed by atoms with van der Waals surface area (Å²) < 4.78 is 0. The molecular weight excluding hydrogens is 138 g/mol. The van der Waals surface area contributed by atoms with Crippen LogP contribution in [0, 0.1) is 0 Å². The molecule has 0 aromatic carbocycles. The molecule has 1 aliphatic heterocycles. The van der Waals surface area contributed by atoms with Crippen LogP contribution in [0.1, 0.15) is 40.0 Å². The van der Waals surface area contributed by atoms with Crippen LogP contribution < -0.4 is 0 Å². The molecule has 1 amide bonds. The molecule has 64 valence electrons. The van der Waals surface area contributed by atoms with Crippen LogP contribution in [0.15, 0.2) is 0 Å². The van der Waals surface area contributed by atoms with Crippen molar-refractivity contribution in [2.24, 2.45) is 0 Å². The molecule has 0 saturated carbocycles. The number of amides is 1. The molecule has 1 saturated heterocycles. The Hall–Kier alpha value is -0.530. The van der Waals surface area contributed by atoms with Crippen LogP contribution in [0.4, 0.5) is 0 Å². The number of piperidine rings is 1. The second kappa shape index (κ2) is 3.24. The smallest absolute Gasteiger partial charge is 0.223 e. The van der Waals surface area contributed by atoms with E-state index in [0.717, 1.165) is 12.8 Å². The molecule has 11 heavy (non-hydrogen) atoms. The summed E-state index contributed by atoms with van der Waals surface area (Å²) in [7, 11) is 0. The summed E-state index contributed by atoms with van der Waals surface area (Å²) in [6, 6.07) is 0.828. The second-order valence-corrected chi connectivity index (χ2v) is 3.64. The third-order valence-corrected chi connectivity index (χ3v) is 2.33. The maximum atomic E-state index is 11.4. The standard InChI is InChI=1S/C9H17NO/c1-7(2)10-8(3)5-4-6-9(10)11/h7-8H,4-6H2,1-3H3/t8-/m0/s1. The van der Waals surface area contributed by atoms with Crippen LogP contribution in [0.25, 0.3) is 0 Å². The molecule has 0 bridgehead atoms. The maximum Gasteiger partial charge on any atom is 0.223 e. The summed E-state index contributed by atoms with van der Waals surface area (Å²) in [5, 5.41) is 0. The number of carbonyl (C=O) groups excluding carboxylic acids is 1. The van der Waals surface area contributed by atoms with Crippen molar-refractivity contribution in [1.82, 2.24) is 4.90 Å². The lowest BCUT2D eigenvalue weighted by Crippen LogP contribution is -2.46. The van der Waals surface area contributed by atoms with Crippen molar-refractivity contribution in [3.05, 3.63) is 0 Å². The van der Waals surface area contributed by atoms with Gasteiger partial charge in [-0.1, -0.05) is 0 Å². The largest absolute Gasteiger partial charge is 0.338 e. The molecule has 1 heterocycles. The van der Waals surface area contributed by atoms with Gasteiger partial charge in [0.25, 0.3) is 0 Å². The molecule has 0 aromatic heterocycles.